The van der Waals surface area contributed by atoms with Crippen molar-refractivity contribution in [2.75, 3.05) is 7.11 Å². The lowest BCUT2D eigenvalue weighted by Gasteiger charge is -2.09. The second-order valence-corrected chi connectivity index (χ2v) is 5.98. The van der Waals surface area contributed by atoms with Crippen molar-refractivity contribution in [2.24, 2.45) is 0 Å². The fourth-order valence-corrected chi connectivity index (χ4v) is 2.81. The highest BCUT2D eigenvalue weighted by Gasteiger charge is 2.18. The van der Waals surface area contributed by atoms with E-state index in [9.17, 15) is 10.1 Å². The molecular weight excluding hydrogens is 342 g/mol. The van der Waals surface area contributed by atoms with Crippen LogP contribution in [0, 0.1) is 18.3 Å². The van der Waals surface area contributed by atoms with Crippen LogP contribution in [0.2, 0.25) is 0 Å². The van der Waals surface area contributed by atoms with E-state index in [2.05, 4.69) is 11.2 Å². The molecule has 0 N–H and O–H groups in total. The average molecular weight is 361 g/mol. The standard InChI is InChI=1S/C21H19N3O3/c1-15-19(12-22)20(24(23-15)18-9-4-3-5-10-18)14-27-21(25)17-8-6-7-16(11-17)13-26-2/h3-11H,13-14H2,1-2H3. The van der Waals surface area contributed by atoms with E-state index < -0.39 is 5.97 Å². The van der Waals surface area contributed by atoms with Gasteiger partial charge in [-0.25, -0.2) is 9.48 Å². The largest absolute Gasteiger partial charge is 0.456 e. The van der Waals surface area contributed by atoms with Crippen LogP contribution in [-0.4, -0.2) is 22.9 Å². The number of nitriles is 1. The summed E-state index contributed by atoms with van der Waals surface area (Å²) in [4.78, 5) is 12.5. The molecule has 2 aromatic carbocycles. The second-order valence-electron chi connectivity index (χ2n) is 5.98. The molecule has 3 aromatic rings. The van der Waals surface area contributed by atoms with Gasteiger partial charge >= 0.3 is 5.97 Å². The van der Waals surface area contributed by atoms with Gasteiger partial charge in [-0.3, -0.25) is 0 Å². The quantitative estimate of drug-likeness (QED) is 0.628. The van der Waals surface area contributed by atoms with Gasteiger partial charge in [0.15, 0.2) is 0 Å². The number of carbonyl (C=O) groups is 1. The normalized spacial score (nSPS) is 10.4. The monoisotopic (exact) mass is 361 g/mol. The molecule has 0 bridgehead atoms. The lowest BCUT2D eigenvalue weighted by Crippen LogP contribution is -2.10. The van der Waals surface area contributed by atoms with Crippen LogP contribution < -0.4 is 0 Å². The Morgan fingerprint density at radius 2 is 1.93 bits per heavy atom. The third-order valence-corrected chi connectivity index (χ3v) is 4.08. The molecule has 3 rings (SSSR count). The Morgan fingerprint density at radius 3 is 2.63 bits per heavy atom. The molecule has 0 amide bonds. The minimum atomic E-state index is -0.463. The van der Waals surface area contributed by atoms with Crippen LogP contribution >= 0.6 is 0 Å². The molecule has 0 aliphatic rings. The maximum absolute atomic E-state index is 12.5. The van der Waals surface area contributed by atoms with E-state index >= 15 is 0 Å². The summed E-state index contributed by atoms with van der Waals surface area (Å²) in [6.07, 6.45) is 0. The summed E-state index contributed by atoms with van der Waals surface area (Å²) in [6.45, 7) is 2.13. The molecule has 6 heteroatoms. The number of methoxy groups -OCH3 is 1. The van der Waals surface area contributed by atoms with Gasteiger partial charge in [-0.2, -0.15) is 10.4 Å². The Morgan fingerprint density at radius 1 is 1.15 bits per heavy atom. The van der Waals surface area contributed by atoms with Gasteiger partial charge in [0.25, 0.3) is 0 Å². The number of benzene rings is 2. The Bertz CT molecular complexity index is 988. The molecule has 0 atom stereocenters. The number of aryl methyl sites for hydroxylation is 1. The van der Waals surface area contributed by atoms with Gasteiger partial charge in [-0.05, 0) is 36.8 Å². The first-order valence-electron chi connectivity index (χ1n) is 8.43. The molecule has 1 aromatic heterocycles. The first-order chi connectivity index (χ1) is 13.1. The molecule has 136 valence electrons. The Balaban J connectivity index is 1.85. The van der Waals surface area contributed by atoms with Crippen molar-refractivity contribution in [3.63, 3.8) is 0 Å². The van der Waals surface area contributed by atoms with Crippen molar-refractivity contribution in [1.29, 1.82) is 5.26 Å². The van der Waals surface area contributed by atoms with Crippen molar-refractivity contribution in [2.45, 2.75) is 20.1 Å². The smallest absolute Gasteiger partial charge is 0.338 e. The number of hydrogen-bond donors (Lipinski definition) is 0. The molecule has 0 saturated carbocycles. The van der Waals surface area contributed by atoms with Crippen molar-refractivity contribution in [3.8, 4) is 11.8 Å². The van der Waals surface area contributed by atoms with Crippen LogP contribution in [0.3, 0.4) is 0 Å². The van der Waals surface area contributed by atoms with Crippen molar-refractivity contribution >= 4 is 5.97 Å². The zero-order valence-electron chi connectivity index (χ0n) is 15.2. The number of nitrogens with zero attached hydrogens (tertiary/aromatic N) is 3. The maximum atomic E-state index is 12.5. The van der Waals surface area contributed by atoms with Gasteiger partial charge in [0.1, 0.15) is 18.2 Å². The van der Waals surface area contributed by atoms with Crippen molar-refractivity contribution in [1.82, 2.24) is 9.78 Å². The molecule has 0 aliphatic carbocycles. The molecule has 0 saturated heterocycles. The van der Waals surface area contributed by atoms with Crippen LogP contribution in [0.25, 0.3) is 5.69 Å². The van der Waals surface area contributed by atoms with Gasteiger partial charge in [0, 0.05) is 7.11 Å². The third kappa shape index (κ3) is 4.05. The molecular formula is C21H19N3O3. The lowest BCUT2D eigenvalue weighted by molar-refractivity contribution is 0.0464. The Kier molecular flexibility index (Phi) is 5.64. The van der Waals surface area contributed by atoms with Gasteiger partial charge in [0.05, 0.1) is 29.2 Å². The van der Waals surface area contributed by atoms with E-state index in [0.29, 0.717) is 29.1 Å². The summed E-state index contributed by atoms with van der Waals surface area (Å²) in [7, 11) is 1.60. The minimum Gasteiger partial charge on any atom is -0.456 e. The number of aromatic nitrogens is 2. The fourth-order valence-electron chi connectivity index (χ4n) is 2.81. The minimum absolute atomic E-state index is 0.0496. The van der Waals surface area contributed by atoms with Crippen LogP contribution in [-0.2, 0) is 22.7 Å². The van der Waals surface area contributed by atoms with Gasteiger partial charge in [-0.15, -0.1) is 0 Å². The number of esters is 1. The Labute approximate surface area is 157 Å². The van der Waals surface area contributed by atoms with Crippen LogP contribution in [0.5, 0.6) is 0 Å². The van der Waals surface area contributed by atoms with Gasteiger partial charge in [-0.1, -0.05) is 30.3 Å². The summed E-state index contributed by atoms with van der Waals surface area (Å²) in [6, 6.07) is 18.7. The van der Waals surface area contributed by atoms with E-state index in [1.165, 1.54) is 0 Å². The number of ether oxygens (including phenoxy) is 2. The topological polar surface area (TPSA) is 77.1 Å². The van der Waals surface area contributed by atoms with Crippen molar-refractivity contribution in [3.05, 3.63) is 82.7 Å². The highest BCUT2D eigenvalue weighted by molar-refractivity contribution is 5.89. The predicted octanol–water partition coefficient (Wildman–Crippen LogP) is 3.56. The number of para-hydroxylation sites is 1. The Hall–Kier alpha value is -3.43. The van der Waals surface area contributed by atoms with Crippen LogP contribution in [0.1, 0.15) is 32.9 Å². The summed E-state index contributed by atoms with van der Waals surface area (Å²) in [5.74, 6) is -0.463. The molecule has 0 unspecified atom stereocenters. The predicted molar refractivity (Wildman–Crippen MR) is 99.3 cm³/mol. The van der Waals surface area contributed by atoms with E-state index in [1.54, 1.807) is 36.9 Å². The first kappa shape index (κ1) is 18.4. The summed E-state index contributed by atoms with van der Waals surface area (Å²) in [5.41, 5.74) is 3.67. The molecule has 1 heterocycles. The lowest BCUT2D eigenvalue weighted by atomic mass is 10.1. The highest BCUT2D eigenvalue weighted by atomic mass is 16.5. The first-order valence-corrected chi connectivity index (χ1v) is 8.43. The zero-order chi connectivity index (χ0) is 19.2. The molecule has 0 aliphatic heterocycles. The molecule has 0 fully saturated rings. The van der Waals surface area contributed by atoms with E-state index in [-0.39, 0.29) is 6.61 Å². The zero-order valence-corrected chi connectivity index (χ0v) is 15.2. The molecule has 6 nitrogen and oxygen atoms in total. The summed E-state index contributed by atoms with van der Waals surface area (Å²) >= 11 is 0. The molecule has 27 heavy (non-hydrogen) atoms. The van der Waals surface area contributed by atoms with Crippen LogP contribution in [0.4, 0.5) is 0 Å². The van der Waals surface area contributed by atoms with Crippen LogP contribution in [0.15, 0.2) is 54.6 Å². The summed E-state index contributed by atoms with van der Waals surface area (Å²) in [5, 5.41) is 13.9. The number of hydrogen-bond acceptors (Lipinski definition) is 5. The van der Waals surface area contributed by atoms with E-state index in [0.717, 1.165) is 11.3 Å². The second kappa shape index (κ2) is 8.30. The maximum Gasteiger partial charge on any atom is 0.338 e. The van der Waals surface area contributed by atoms with E-state index in [1.807, 2.05) is 36.4 Å². The highest BCUT2D eigenvalue weighted by Crippen LogP contribution is 2.19. The number of rotatable bonds is 6. The fraction of sp³-hybridized carbons (Fsp3) is 0.190. The third-order valence-electron chi connectivity index (χ3n) is 4.08. The van der Waals surface area contributed by atoms with Gasteiger partial charge < -0.3 is 9.47 Å². The molecule has 0 radical (unpaired) electrons. The number of carbonyl (C=O) groups excluding carboxylic acids is 1. The SMILES string of the molecule is COCc1cccc(C(=O)OCc2c(C#N)c(C)nn2-c2ccccc2)c1. The van der Waals surface area contributed by atoms with E-state index in [4.69, 9.17) is 9.47 Å². The molecule has 0 spiro atoms. The average Bonchev–Trinajstić information content (AvgIpc) is 3.02. The summed E-state index contributed by atoms with van der Waals surface area (Å²) < 4.78 is 12.2. The van der Waals surface area contributed by atoms with Crippen molar-refractivity contribution < 1.29 is 14.3 Å². The van der Waals surface area contributed by atoms with Gasteiger partial charge in [0.2, 0.25) is 0 Å².